The number of benzene rings is 1. The van der Waals surface area contributed by atoms with Gasteiger partial charge in [-0.3, -0.25) is 0 Å². The summed E-state index contributed by atoms with van der Waals surface area (Å²) >= 11 is 0. The lowest BCUT2D eigenvalue weighted by molar-refractivity contribution is 0.479. The van der Waals surface area contributed by atoms with Crippen molar-refractivity contribution in [1.82, 2.24) is 19.9 Å². The molecule has 1 aromatic carbocycles. The van der Waals surface area contributed by atoms with E-state index in [0.29, 0.717) is 18.5 Å². The van der Waals surface area contributed by atoms with Crippen LogP contribution in [0.15, 0.2) is 36.5 Å². The van der Waals surface area contributed by atoms with E-state index in [1.165, 1.54) is 30.9 Å². The Bertz CT molecular complexity index is 974. The van der Waals surface area contributed by atoms with Crippen LogP contribution in [-0.4, -0.2) is 33.7 Å². The van der Waals surface area contributed by atoms with Gasteiger partial charge in [-0.05, 0) is 55.8 Å². The number of halogens is 1. The van der Waals surface area contributed by atoms with Crippen LogP contribution in [0.4, 0.5) is 16.0 Å². The number of hydrogen-bond donors (Lipinski definition) is 3. The van der Waals surface area contributed by atoms with Gasteiger partial charge in [0.25, 0.3) is 0 Å². The summed E-state index contributed by atoms with van der Waals surface area (Å²) in [6, 6.07) is 9.05. The zero-order chi connectivity index (χ0) is 18.9. The van der Waals surface area contributed by atoms with Gasteiger partial charge < -0.3 is 16.0 Å². The molecule has 0 unspecified atom stereocenters. The first-order valence-electron chi connectivity index (χ1n) is 10.1. The lowest BCUT2D eigenvalue weighted by Gasteiger charge is -2.24. The van der Waals surface area contributed by atoms with Gasteiger partial charge in [-0.25, -0.2) is 9.37 Å². The number of hydrogen-bond acceptors (Lipinski definition) is 5. The Hall–Kier alpha value is -2.67. The summed E-state index contributed by atoms with van der Waals surface area (Å²) in [4.78, 5) is 4.88. The van der Waals surface area contributed by atoms with E-state index < -0.39 is 0 Å². The monoisotopic (exact) mass is 380 g/mol. The second kappa shape index (κ2) is 7.39. The minimum Gasteiger partial charge on any atom is -0.366 e. The summed E-state index contributed by atoms with van der Waals surface area (Å²) < 4.78 is 15.4. The highest BCUT2D eigenvalue weighted by Crippen LogP contribution is 2.42. The van der Waals surface area contributed by atoms with Crippen molar-refractivity contribution in [2.75, 3.05) is 23.7 Å². The molecule has 3 heterocycles. The predicted octanol–water partition coefficient (Wildman–Crippen LogP) is 3.52. The van der Waals surface area contributed by atoms with Crippen LogP contribution in [0.1, 0.15) is 42.7 Å². The quantitative estimate of drug-likeness (QED) is 0.611. The van der Waals surface area contributed by atoms with Crippen LogP contribution in [0.3, 0.4) is 0 Å². The molecule has 0 radical (unpaired) electrons. The highest BCUT2D eigenvalue weighted by atomic mass is 19.1. The van der Waals surface area contributed by atoms with Crippen molar-refractivity contribution >= 4 is 17.3 Å². The second-order valence-corrected chi connectivity index (χ2v) is 7.81. The zero-order valence-electron chi connectivity index (χ0n) is 15.8. The minimum absolute atomic E-state index is 0.221. The van der Waals surface area contributed by atoms with E-state index in [2.05, 4.69) is 21.0 Å². The molecule has 146 valence electrons. The third-order valence-electron chi connectivity index (χ3n) is 5.53. The van der Waals surface area contributed by atoms with Gasteiger partial charge in [0, 0.05) is 30.8 Å². The summed E-state index contributed by atoms with van der Waals surface area (Å²) in [5, 5.41) is 15.0. The summed E-state index contributed by atoms with van der Waals surface area (Å²) in [5.74, 6) is 2.09. The molecular weight excluding hydrogens is 355 g/mol. The molecule has 5 rings (SSSR count). The molecular formula is C21H25FN6. The molecule has 0 spiro atoms. The minimum atomic E-state index is -0.221. The number of aromatic nitrogens is 3. The standard InChI is InChI=1S/C21H25FN6/c22-16-4-1-3-14(9-16)11-24-20-10-19(26-17-5-2-8-23-12-17)27-21-18(15-6-7-15)13-25-28(20)21/h1,3-4,9-10,13,15,17,23-24H,2,5-8,11-12H2,(H,26,27)/t17-/m0/s1. The molecule has 7 heteroatoms. The number of piperidine rings is 1. The van der Waals surface area contributed by atoms with Crippen molar-refractivity contribution in [3.63, 3.8) is 0 Å². The molecule has 2 aromatic heterocycles. The number of anilines is 2. The Labute approximate surface area is 163 Å². The smallest absolute Gasteiger partial charge is 0.163 e. The maximum absolute atomic E-state index is 13.5. The fraction of sp³-hybridized carbons (Fsp3) is 0.429. The average Bonchev–Trinajstić information content (AvgIpc) is 3.46. The summed E-state index contributed by atoms with van der Waals surface area (Å²) in [5.41, 5.74) is 3.03. The van der Waals surface area contributed by atoms with Crippen LogP contribution in [0.5, 0.6) is 0 Å². The molecule has 0 amide bonds. The first kappa shape index (κ1) is 17.4. The van der Waals surface area contributed by atoms with Crippen molar-refractivity contribution in [2.24, 2.45) is 0 Å². The molecule has 2 fully saturated rings. The van der Waals surface area contributed by atoms with E-state index >= 15 is 0 Å². The van der Waals surface area contributed by atoms with Gasteiger partial charge in [0.2, 0.25) is 0 Å². The lowest BCUT2D eigenvalue weighted by atomic mass is 10.1. The van der Waals surface area contributed by atoms with E-state index in [1.807, 2.05) is 22.8 Å². The van der Waals surface area contributed by atoms with E-state index in [-0.39, 0.29) is 5.82 Å². The molecule has 1 saturated heterocycles. The molecule has 1 aliphatic heterocycles. The fourth-order valence-corrected chi connectivity index (χ4v) is 3.89. The Morgan fingerprint density at radius 1 is 1.21 bits per heavy atom. The molecule has 2 aliphatic rings. The largest absolute Gasteiger partial charge is 0.366 e. The van der Waals surface area contributed by atoms with E-state index in [9.17, 15) is 4.39 Å². The van der Waals surface area contributed by atoms with Crippen molar-refractivity contribution in [3.8, 4) is 0 Å². The van der Waals surface area contributed by atoms with Crippen molar-refractivity contribution < 1.29 is 4.39 Å². The predicted molar refractivity (Wildman–Crippen MR) is 108 cm³/mol. The van der Waals surface area contributed by atoms with Gasteiger partial charge in [0.05, 0.1) is 6.20 Å². The first-order valence-corrected chi connectivity index (χ1v) is 10.1. The fourth-order valence-electron chi connectivity index (χ4n) is 3.89. The van der Waals surface area contributed by atoms with Gasteiger partial charge in [0.15, 0.2) is 5.65 Å². The Kier molecular flexibility index (Phi) is 4.60. The van der Waals surface area contributed by atoms with E-state index in [1.54, 1.807) is 12.1 Å². The van der Waals surface area contributed by atoms with Crippen LogP contribution in [0.25, 0.3) is 5.65 Å². The first-order chi connectivity index (χ1) is 13.8. The number of nitrogens with zero attached hydrogens (tertiary/aromatic N) is 3. The van der Waals surface area contributed by atoms with Crippen LogP contribution < -0.4 is 16.0 Å². The average molecular weight is 380 g/mol. The summed E-state index contributed by atoms with van der Waals surface area (Å²) in [6.45, 7) is 2.56. The van der Waals surface area contributed by atoms with Crippen molar-refractivity contribution in [2.45, 2.75) is 44.2 Å². The Morgan fingerprint density at radius 2 is 2.14 bits per heavy atom. The van der Waals surface area contributed by atoms with Gasteiger partial charge in [-0.15, -0.1) is 0 Å². The Morgan fingerprint density at radius 3 is 2.93 bits per heavy atom. The molecule has 3 aromatic rings. The molecule has 28 heavy (non-hydrogen) atoms. The molecule has 1 aliphatic carbocycles. The molecule has 6 nitrogen and oxygen atoms in total. The molecule has 3 N–H and O–H groups in total. The SMILES string of the molecule is Fc1cccc(CNc2cc(N[C@H]3CCCNC3)nc3c(C4CC4)cnn23)c1. The van der Waals surface area contributed by atoms with Crippen molar-refractivity contribution in [1.29, 1.82) is 0 Å². The van der Waals surface area contributed by atoms with Crippen molar-refractivity contribution in [3.05, 3.63) is 53.5 Å². The van der Waals surface area contributed by atoms with Gasteiger partial charge in [-0.2, -0.15) is 9.61 Å². The summed E-state index contributed by atoms with van der Waals surface area (Å²) in [7, 11) is 0. The maximum Gasteiger partial charge on any atom is 0.163 e. The molecule has 1 saturated carbocycles. The molecule has 1 atom stereocenters. The topological polar surface area (TPSA) is 66.3 Å². The summed E-state index contributed by atoms with van der Waals surface area (Å²) in [6.07, 6.45) is 6.67. The van der Waals surface area contributed by atoms with E-state index in [0.717, 1.165) is 42.4 Å². The normalized spacial score (nSPS) is 19.7. The third kappa shape index (κ3) is 3.67. The Balaban J connectivity index is 1.45. The number of rotatable bonds is 6. The van der Waals surface area contributed by atoms with Crippen LogP contribution in [-0.2, 0) is 6.54 Å². The van der Waals surface area contributed by atoms with Crippen LogP contribution in [0, 0.1) is 5.82 Å². The number of nitrogens with one attached hydrogen (secondary N) is 3. The number of fused-ring (bicyclic) bond motifs is 1. The van der Waals surface area contributed by atoms with Gasteiger partial charge in [0.1, 0.15) is 17.5 Å². The lowest BCUT2D eigenvalue weighted by Crippen LogP contribution is -2.38. The third-order valence-corrected chi connectivity index (χ3v) is 5.53. The van der Waals surface area contributed by atoms with Crippen LogP contribution >= 0.6 is 0 Å². The maximum atomic E-state index is 13.5. The highest BCUT2D eigenvalue weighted by Gasteiger charge is 2.28. The second-order valence-electron chi connectivity index (χ2n) is 7.81. The molecule has 0 bridgehead atoms. The highest BCUT2D eigenvalue weighted by molar-refractivity contribution is 5.62. The van der Waals surface area contributed by atoms with Gasteiger partial charge >= 0.3 is 0 Å². The van der Waals surface area contributed by atoms with Gasteiger partial charge in [-0.1, -0.05) is 12.1 Å². The van der Waals surface area contributed by atoms with E-state index in [4.69, 9.17) is 4.98 Å². The zero-order valence-corrected chi connectivity index (χ0v) is 15.8. The van der Waals surface area contributed by atoms with Crippen LogP contribution in [0.2, 0.25) is 0 Å².